The van der Waals surface area contributed by atoms with Gasteiger partial charge in [0, 0.05) is 4.47 Å². The molecule has 0 aliphatic rings. The fourth-order valence-electron chi connectivity index (χ4n) is 1.47. The van der Waals surface area contributed by atoms with Crippen LogP contribution >= 0.6 is 27.3 Å². The second kappa shape index (κ2) is 5.82. The van der Waals surface area contributed by atoms with E-state index in [1.807, 2.05) is 11.4 Å². The van der Waals surface area contributed by atoms with Crippen LogP contribution < -0.4 is 4.74 Å². The zero-order valence-corrected chi connectivity index (χ0v) is 12.1. The molecule has 0 fully saturated rings. The van der Waals surface area contributed by atoms with Gasteiger partial charge in [-0.25, -0.2) is 4.39 Å². The molecule has 2 aromatic rings. The van der Waals surface area contributed by atoms with Gasteiger partial charge in [-0.15, -0.1) is 11.3 Å². The van der Waals surface area contributed by atoms with Crippen molar-refractivity contribution in [1.82, 2.24) is 0 Å². The first-order valence-corrected chi connectivity index (χ1v) is 7.07. The molecule has 0 saturated carbocycles. The second-order valence-electron chi connectivity index (χ2n) is 3.85. The summed E-state index contributed by atoms with van der Waals surface area (Å²) in [6.45, 7) is 1.92. The van der Waals surface area contributed by atoms with E-state index in [2.05, 4.69) is 15.9 Å². The zero-order valence-electron chi connectivity index (χ0n) is 9.69. The minimum absolute atomic E-state index is 0.194. The Morgan fingerprint density at radius 3 is 2.78 bits per heavy atom. The Balaban J connectivity index is 2.08. The number of aliphatic hydroxyl groups excluding tert-OH is 1. The van der Waals surface area contributed by atoms with Crippen molar-refractivity contribution in [1.29, 1.82) is 0 Å². The Labute approximate surface area is 117 Å². The molecule has 0 unspecified atom stereocenters. The van der Waals surface area contributed by atoms with Gasteiger partial charge in [-0.2, -0.15) is 0 Å². The molecule has 0 saturated heterocycles. The predicted octanol–water partition coefficient (Wildman–Crippen LogP) is 4.28. The molecule has 0 bridgehead atoms. The van der Waals surface area contributed by atoms with Crippen LogP contribution in [0, 0.1) is 5.82 Å². The van der Waals surface area contributed by atoms with Crippen molar-refractivity contribution in [3.05, 3.63) is 50.4 Å². The zero-order chi connectivity index (χ0) is 13.1. The molecule has 96 valence electrons. The third-order valence-electron chi connectivity index (χ3n) is 2.49. The molecule has 2 rings (SSSR count). The van der Waals surface area contributed by atoms with Crippen molar-refractivity contribution >= 4 is 27.3 Å². The molecule has 1 N–H and O–H groups in total. The van der Waals surface area contributed by atoms with Gasteiger partial charge in [0.2, 0.25) is 0 Å². The van der Waals surface area contributed by atoms with Crippen molar-refractivity contribution < 1.29 is 14.2 Å². The average Bonchev–Trinajstić information content (AvgIpc) is 2.73. The van der Waals surface area contributed by atoms with Crippen molar-refractivity contribution in [2.45, 2.75) is 19.6 Å². The van der Waals surface area contributed by atoms with Crippen LogP contribution in [0.1, 0.15) is 23.5 Å². The van der Waals surface area contributed by atoms with Crippen LogP contribution in [-0.4, -0.2) is 5.11 Å². The van der Waals surface area contributed by atoms with Crippen LogP contribution in [0.4, 0.5) is 4.39 Å². The van der Waals surface area contributed by atoms with Gasteiger partial charge in [0.05, 0.1) is 11.0 Å². The molecule has 0 aliphatic carbocycles. The highest BCUT2D eigenvalue weighted by atomic mass is 79.9. The summed E-state index contributed by atoms with van der Waals surface area (Å²) >= 11 is 4.94. The molecule has 1 atom stereocenters. The Morgan fingerprint density at radius 2 is 2.22 bits per heavy atom. The van der Waals surface area contributed by atoms with E-state index in [-0.39, 0.29) is 5.75 Å². The molecular weight excluding hydrogens is 319 g/mol. The largest absolute Gasteiger partial charge is 0.485 e. The summed E-state index contributed by atoms with van der Waals surface area (Å²) in [4.78, 5) is 1.01. The number of ether oxygens (including phenoxy) is 1. The molecule has 0 spiro atoms. The minimum atomic E-state index is -0.681. The summed E-state index contributed by atoms with van der Waals surface area (Å²) in [5, 5.41) is 11.3. The van der Waals surface area contributed by atoms with Gasteiger partial charge in [0.15, 0.2) is 11.6 Å². The first-order valence-electron chi connectivity index (χ1n) is 5.40. The maximum absolute atomic E-state index is 13.7. The molecule has 1 aromatic carbocycles. The summed E-state index contributed by atoms with van der Waals surface area (Å²) in [6, 6.07) is 6.42. The Bertz CT molecular complexity index is 540. The van der Waals surface area contributed by atoms with Gasteiger partial charge in [0.1, 0.15) is 6.61 Å². The highest BCUT2D eigenvalue weighted by Crippen LogP contribution is 2.26. The van der Waals surface area contributed by atoms with Gasteiger partial charge in [-0.1, -0.05) is 6.07 Å². The molecule has 1 heterocycles. The maximum Gasteiger partial charge on any atom is 0.165 e. The molecule has 5 heteroatoms. The molecule has 0 radical (unpaired) electrons. The van der Waals surface area contributed by atoms with Crippen LogP contribution in [0.15, 0.2) is 34.1 Å². The van der Waals surface area contributed by atoms with Crippen molar-refractivity contribution in [2.24, 2.45) is 0 Å². The molecule has 1 aromatic heterocycles. The van der Waals surface area contributed by atoms with E-state index >= 15 is 0 Å². The quantitative estimate of drug-likeness (QED) is 0.906. The number of aliphatic hydroxyl groups is 1. The minimum Gasteiger partial charge on any atom is -0.485 e. The van der Waals surface area contributed by atoms with Gasteiger partial charge in [-0.05, 0) is 52.0 Å². The molecule has 18 heavy (non-hydrogen) atoms. The van der Waals surface area contributed by atoms with E-state index in [4.69, 9.17) is 4.74 Å². The lowest BCUT2D eigenvalue weighted by atomic mass is 10.1. The summed E-state index contributed by atoms with van der Waals surface area (Å²) in [7, 11) is 0. The normalized spacial score (nSPS) is 12.4. The van der Waals surface area contributed by atoms with Crippen molar-refractivity contribution in [2.75, 3.05) is 0 Å². The van der Waals surface area contributed by atoms with Crippen LogP contribution in [0.2, 0.25) is 0 Å². The lowest BCUT2D eigenvalue weighted by Crippen LogP contribution is -1.98. The smallest absolute Gasteiger partial charge is 0.165 e. The molecule has 0 aliphatic heterocycles. The first-order chi connectivity index (χ1) is 8.58. The number of thiophene rings is 1. The number of hydrogen-bond donors (Lipinski definition) is 1. The summed E-state index contributed by atoms with van der Waals surface area (Å²) in [5.41, 5.74) is 0.539. The number of benzene rings is 1. The third kappa shape index (κ3) is 3.10. The topological polar surface area (TPSA) is 29.5 Å². The number of rotatable bonds is 4. The van der Waals surface area contributed by atoms with Gasteiger partial charge < -0.3 is 9.84 Å². The first kappa shape index (κ1) is 13.5. The lowest BCUT2D eigenvalue weighted by Gasteiger charge is -2.09. The fourth-order valence-corrected chi connectivity index (χ4v) is 2.84. The average molecular weight is 331 g/mol. The van der Waals surface area contributed by atoms with Crippen LogP contribution in [0.25, 0.3) is 0 Å². The number of halogens is 2. The summed E-state index contributed by atoms with van der Waals surface area (Å²) in [5.74, 6) is -0.263. The lowest BCUT2D eigenvalue weighted by molar-refractivity contribution is 0.198. The van der Waals surface area contributed by atoms with E-state index in [0.29, 0.717) is 12.2 Å². The molecule has 0 amide bonds. The SMILES string of the molecule is C[C@@H](O)c1ccc(OCc2sccc2Br)c(F)c1. The monoisotopic (exact) mass is 330 g/mol. The summed E-state index contributed by atoms with van der Waals surface area (Å²) in [6.07, 6.45) is -0.681. The van der Waals surface area contributed by atoms with E-state index in [1.54, 1.807) is 30.4 Å². The second-order valence-corrected chi connectivity index (χ2v) is 5.70. The van der Waals surface area contributed by atoms with E-state index in [1.165, 1.54) is 6.07 Å². The number of hydrogen-bond acceptors (Lipinski definition) is 3. The van der Waals surface area contributed by atoms with Crippen LogP contribution in [0.5, 0.6) is 5.75 Å². The fraction of sp³-hybridized carbons (Fsp3) is 0.231. The Kier molecular flexibility index (Phi) is 4.37. The van der Waals surface area contributed by atoms with E-state index in [9.17, 15) is 9.50 Å². The molecule has 2 nitrogen and oxygen atoms in total. The van der Waals surface area contributed by atoms with E-state index in [0.717, 1.165) is 9.35 Å². The van der Waals surface area contributed by atoms with Crippen molar-refractivity contribution in [3.63, 3.8) is 0 Å². The third-order valence-corrected chi connectivity index (χ3v) is 4.39. The van der Waals surface area contributed by atoms with Crippen LogP contribution in [-0.2, 0) is 6.61 Å². The standard InChI is InChI=1S/C13H12BrFO2S/c1-8(16)9-2-3-12(11(15)6-9)17-7-13-10(14)4-5-18-13/h2-6,8,16H,7H2,1H3/t8-/m1/s1. The van der Waals surface area contributed by atoms with Crippen LogP contribution in [0.3, 0.4) is 0 Å². The van der Waals surface area contributed by atoms with Gasteiger partial charge >= 0.3 is 0 Å². The van der Waals surface area contributed by atoms with E-state index < -0.39 is 11.9 Å². The highest BCUT2D eigenvalue weighted by Gasteiger charge is 2.09. The van der Waals surface area contributed by atoms with Gasteiger partial charge in [-0.3, -0.25) is 0 Å². The predicted molar refractivity (Wildman–Crippen MR) is 73.4 cm³/mol. The Hall–Kier alpha value is -0.910. The maximum atomic E-state index is 13.7. The highest BCUT2D eigenvalue weighted by molar-refractivity contribution is 9.10. The summed E-state index contributed by atoms with van der Waals surface area (Å²) < 4.78 is 20.1. The van der Waals surface area contributed by atoms with Crippen molar-refractivity contribution in [3.8, 4) is 5.75 Å². The Morgan fingerprint density at radius 1 is 1.44 bits per heavy atom. The molecular formula is C13H12BrFO2S. The van der Waals surface area contributed by atoms with Gasteiger partial charge in [0.25, 0.3) is 0 Å².